The van der Waals surface area contributed by atoms with Crippen LogP contribution in [0, 0.1) is 33.8 Å². The maximum absolute atomic E-state index is 14.6. The first-order valence-corrected chi connectivity index (χ1v) is 10.7. The number of hydrogen-bond donors (Lipinski definition) is 0. The van der Waals surface area contributed by atoms with E-state index in [0.29, 0.717) is 24.7 Å². The molecule has 2 fully saturated rings. The van der Waals surface area contributed by atoms with Gasteiger partial charge in [-0.1, -0.05) is 32.6 Å². The topological polar surface area (TPSA) is 52.4 Å². The molecule has 2 aliphatic carbocycles. The van der Waals surface area contributed by atoms with Crippen LogP contribution in [-0.2, 0) is 0 Å². The van der Waals surface area contributed by atoms with Crippen molar-refractivity contribution in [3.8, 4) is 5.75 Å². The van der Waals surface area contributed by atoms with E-state index in [0.717, 1.165) is 18.8 Å². The molecular formula is C22H31F2NO3. The van der Waals surface area contributed by atoms with Gasteiger partial charge < -0.3 is 4.74 Å². The number of benzene rings is 1. The molecule has 156 valence electrons. The van der Waals surface area contributed by atoms with Crippen LogP contribution < -0.4 is 4.74 Å². The fourth-order valence-corrected chi connectivity index (χ4v) is 5.16. The molecule has 6 heteroatoms. The molecule has 2 aliphatic rings. The van der Waals surface area contributed by atoms with Gasteiger partial charge in [-0.3, -0.25) is 10.1 Å². The van der Waals surface area contributed by atoms with E-state index in [2.05, 4.69) is 6.92 Å². The number of hydrogen-bond acceptors (Lipinski definition) is 3. The number of rotatable bonds is 7. The lowest BCUT2D eigenvalue weighted by molar-refractivity contribution is -0.384. The monoisotopic (exact) mass is 395 g/mol. The predicted molar refractivity (Wildman–Crippen MR) is 104 cm³/mol. The van der Waals surface area contributed by atoms with Crippen LogP contribution in [0.4, 0.5) is 14.5 Å². The molecule has 3 rings (SSSR count). The standard InChI is InChI=1S/C22H31F2NO3/c1-2-3-16-4-6-17(7-5-16)18-8-10-19(11-9-18)22(23,24)28-21-14-12-20(13-15-21)25(26)27/h12-19H,2-11H2,1H3/t16-,17-,18?,19?. The smallest absolute Gasteiger partial charge is 0.400 e. The average Bonchev–Trinajstić information content (AvgIpc) is 2.69. The van der Waals surface area contributed by atoms with Crippen LogP contribution in [0.1, 0.15) is 71.1 Å². The number of nitrogens with zero attached hydrogens (tertiary/aromatic N) is 1. The van der Waals surface area contributed by atoms with Gasteiger partial charge >= 0.3 is 6.11 Å². The van der Waals surface area contributed by atoms with Crippen molar-refractivity contribution in [1.29, 1.82) is 0 Å². The number of ether oxygens (including phenoxy) is 1. The van der Waals surface area contributed by atoms with Crippen molar-refractivity contribution in [3.63, 3.8) is 0 Å². The van der Waals surface area contributed by atoms with Crippen LogP contribution in [0.25, 0.3) is 0 Å². The Labute approximate surface area is 165 Å². The third kappa shape index (κ3) is 5.21. The van der Waals surface area contributed by atoms with Gasteiger partial charge in [0.1, 0.15) is 5.75 Å². The molecule has 1 aromatic carbocycles. The lowest BCUT2D eigenvalue weighted by Crippen LogP contribution is -2.38. The molecule has 2 saturated carbocycles. The molecule has 0 saturated heterocycles. The fourth-order valence-electron chi connectivity index (χ4n) is 5.16. The van der Waals surface area contributed by atoms with E-state index < -0.39 is 16.9 Å². The van der Waals surface area contributed by atoms with Crippen LogP contribution in [0.5, 0.6) is 5.75 Å². The Bertz CT molecular complexity index is 634. The van der Waals surface area contributed by atoms with Crippen molar-refractivity contribution in [2.45, 2.75) is 77.2 Å². The minimum Gasteiger partial charge on any atom is -0.432 e. The Kier molecular flexibility index (Phi) is 6.89. The van der Waals surface area contributed by atoms with E-state index in [-0.39, 0.29) is 11.4 Å². The quantitative estimate of drug-likeness (QED) is 0.370. The number of alkyl halides is 2. The lowest BCUT2D eigenvalue weighted by atomic mass is 9.68. The second-order valence-electron chi connectivity index (χ2n) is 8.60. The number of non-ortho nitro benzene ring substituents is 1. The summed E-state index contributed by atoms with van der Waals surface area (Å²) in [5.74, 6) is 1.35. The summed E-state index contributed by atoms with van der Waals surface area (Å²) in [6.45, 7) is 2.24. The molecule has 0 radical (unpaired) electrons. The van der Waals surface area contributed by atoms with Crippen molar-refractivity contribution in [1.82, 2.24) is 0 Å². The molecule has 0 bridgehead atoms. The van der Waals surface area contributed by atoms with Gasteiger partial charge in [-0.05, 0) is 68.4 Å². The minimum absolute atomic E-state index is 0.0213. The van der Waals surface area contributed by atoms with Gasteiger partial charge in [0.15, 0.2) is 0 Å². The third-order valence-corrected chi connectivity index (χ3v) is 6.80. The largest absolute Gasteiger partial charge is 0.432 e. The zero-order chi connectivity index (χ0) is 20.1. The molecule has 0 amide bonds. The molecule has 4 nitrogen and oxygen atoms in total. The maximum atomic E-state index is 14.6. The second-order valence-corrected chi connectivity index (χ2v) is 8.60. The first-order chi connectivity index (χ1) is 13.4. The van der Waals surface area contributed by atoms with E-state index in [9.17, 15) is 18.9 Å². The summed E-state index contributed by atoms with van der Waals surface area (Å²) in [6, 6.07) is 4.87. The molecule has 1 aromatic rings. The molecule has 28 heavy (non-hydrogen) atoms. The van der Waals surface area contributed by atoms with Crippen molar-refractivity contribution >= 4 is 5.69 Å². The Hall–Kier alpha value is -1.72. The van der Waals surface area contributed by atoms with Gasteiger partial charge in [0, 0.05) is 12.1 Å². The van der Waals surface area contributed by atoms with Crippen LogP contribution in [0.2, 0.25) is 0 Å². The minimum atomic E-state index is -3.24. The van der Waals surface area contributed by atoms with Crippen molar-refractivity contribution in [2.24, 2.45) is 23.7 Å². The van der Waals surface area contributed by atoms with E-state index in [4.69, 9.17) is 4.74 Å². The number of halogens is 2. The van der Waals surface area contributed by atoms with Crippen molar-refractivity contribution in [3.05, 3.63) is 34.4 Å². The highest BCUT2D eigenvalue weighted by Gasteiger charge is 2.45. The molecule has 0 unspecified atom stereocenters. The molecule has 0 atom stereocenters. The lowest BCUT2D eigenvalue weighted by Gasteiger charge is -2.39. The van der Waals surface area contributed by atoms with Gasteiger partial charge in [0.25, 0.3) is 5.69 Å². The molecule has 0 aliphatic heterocycles. The van der Waals surface area contributed by atoms with E-state index in [1.165, 1.54) is 62.8 Å². The summed E-state index contributed by atoms with van der Waals surface area (Å²) in [4.78, 5) is 10.1. The zero-order valence-electron chi connectivity index (χ0n) is 16.6. The summed E-state index contributed by atoms with van der Waals surface area (Å²) in [6.07, 6.45) is 7.15. The average molecular weight is 395 g/mol. The highest BCUT2D eigenvalue weighted by atomic mass is 19.3. The van der Waals surface area contributed by atoms with Crippen molar-refractivity contribution < 1.29 is 18.4 Å². The van der Waals surface area contributed by atoms with Crippen LogP contribution >= 0.6 is 0 Å². The van der Waals surface area contributed by atoms with Gasteiger partial charge in [0.05, 0.1) is 10.8 Å². The van der Waals surface area contributed by atoms with Gasteiger partial charge in [-0.25, -0.2) is 0 Å². The Morgan fingerprint density at radius 1 is 1.00 bits per heavy atom. The highest BCUT2D eigenvalue weighted by molar-refractivity contribution is 5.36. The summed E-state index contributed by atoms with van der Waals surface area (Å²) >= 11 is 0. The third-order valence-electron chi connectivity index (χ3n) is 6.80. The summed E-state index contributed by atoms with van der Waals surface area (Å²) in [7, 11) is 0. The number of nitro benzene ring substituents is 1. The van der Waals surface area contributed by atoms with E-state index >= 15 is 0 Å². The molecule has 0 aromatic heterocycles. The first kappa shape index (κ1) is 21.0. The van der Waals surface area contributed by atoms with Gasteiger partial charge in [-0.2, -0.15) is 8.78 Å². The normalized spacial score (nSPS) is 28.7. The molecule has 0 N–H and O–H groups in total. The summed E-state index contributed by atoms with van der Waals surface area (Å²) in [5.41, 5.74) is -0.134. The maximum Gasteiger partial charge on any atom is 0.400 e. The highest BCUT2D eigenvalue weighted by Crippen LogP contribution is 2.45. The molecule has 0 spiro atoms. The van der Waals surface area contributed by atoms with Gasteiger partial charge in [0.2, 0.25) is 0 Å². The fraction of sp³-hybridized carbons (Fsp3) is 0.727. The van der Waals surface area contributed by atoms with E-state index in [1.807, 2.05) is 0 Å². The Balaban J connectivity index is 1.48. The first-order valence-electron chi connectivity index (χ1n) is 10.7. The van der Waals surface area contributed by atoms with Crippen LogP contribution in [-0.4, -0.2) is 11.0 Å². The van der Waals surface area contributed by atoms with E-state index in [1.54, 1.807) is 0 Å². The van der Waals surface area contributed by atoms with Crippen molar-refractivity contribution in [2.75, 3.05) is 0 Å². The molecule has 0 heterocycles. The zero-order valence-corrected chi connectivity index (χ0v) is 16.6. The van der Waals surface area contributed by atoms with Gasteiger partial charge in [-0.15, -0.1) is 0 Å². The second kappa shape index (κ2) is 9.19. The summed E-state index contributed by atoms with van der Waals surface area (Å²) in [5, 5.41) is 10.7. The SMILES string of the molecule is CCC[C@H]1CC[C@H](C2CCC(C(F)(F)Oc3ccc([N+](=O)[O-])cc3)CC2)CC1. The molecular weight excluding hydrogens is 364 g/mol. The summed E-state index contributed by atoms with van der Waals surface area (Å²) < 4.78 is 34.1. The Morgan fingerprint density at radius 2 is 1.54 bits per heavy atom. The Morgan fingerprint density at radius 3 is 2.04 bits per heavy atom. The number of nitro groups is 1. The van der Waals surface area contributed by atoms with Crippen LogP contribution in [0.3, 0.4) is 0 Å². The van der Waals surface area contributed by atoms with Crippen LogP contribution in [0.15, 0.2) is 24.3 Å². The predicted octanol–water partition coefficient (Wildman–Crippen LogP) is 6.98.